The van der Waals surface area contributed by atoms with E-state index < -0.39 is 11.7 Å². The molecule has 0 aliphatic rings. The highest BCUT2D eigenvalue weighted by atomic mass is 19.1. The molecule has 0 aliphatic carbocycles. The Morgan fingerprint density at radius 1 is 1.30 bits per heavy atom. The summed E-state index contributed by atoms with van der Waals surface area (Å²) in [5.41, 5.74) is 3.10. The minimum atomic E-state index is -0.857. The number of nitrogens with two attached hydrogens (primary N) is 1. The van der Waals surface area contributed by atoms with Gasteiger partial charge in [-0.05, 0) is 19.9 Å². The predicted octanol–water partition coefficient (Wildman–Crippen LogP) is 0.560. The number of aryl methyl sites for hydroxylation is 2. The van der Waals surface area contributed by atoms with Crippen LogP contribution < -0.4 is 16.6 Å². The van der Waals surface area contributed by atoms with Crippen LogP contribution in [0.25, 0.3) is 0 Å². The first-order valence-electron chi connectivity index (χ1n) is 5.63. The van der Waals surface area contributed by atoms with E-state index in [0.717, 1.165) is 0 Å². The number of hydrogen-bond donors (Lipinski definition) is 3. The summed E-state index contributed by atoms with van der Waals surface area (Å²) in [6.45, 7) is 3.46. The fourth-order valence-electron chi connectivity index (χ4n) is 1.40. The van der Waals surface area contributed by atoms with Crippen molar-refractivity contribution in [3.8, 4) is 0 Å². The predicted molar refractivity (Wildman–Crippen MR) is 69.3 cm³/mol. The molecule has 20 heavy (non-hydrogen) atoms. The van der Waals surface area contributed by atoms with Crippen LogP contribution in [0.2, 0.25) is 0 Å². The first-order valence-corrected chi connectivity index (χ1v) is 5.63. The quantitative estimate of drug-likeness (QED) is 0.554. The van der Waals surface area contributed by atoms with Crippen molar-refractivity contribution in [2.75, 3.05) is 10.7 Å². The zero-order valence-electron chi connectivity index (χ0n) is 10.8. The number of aromatic nitrogens is 4. The molecule has 2 rings (SSSR count). The Labute approximate surface area is 113 Å². The van der Waals surface area contributed by atoms with Gasteiger partial charge < -0.3 is 5.43 Å². The molecule has 2 aromatic rings. The van der Waals surface area contributed by atoms with Gasteiger partial charge in [0, 0.05) is 6.20 Å². The molecule has 0 unspecified atom stereocenters. The second-order valence-corrected chi connectivity index (χ2v) is 3.93. The molecule has 0 atom stereocenters. The molecule has 0 bridgehead atoms. The van der Waals surface area contributed by atoms with Gasteiger partial charge in [0.2, 0.25) is 5.95 Å². The third-order valence-corrected chi connectivity index (χ3v) is 2.59. The van der Waals surface area contributed by atoms with Gasteiger partial charge in [-0.25, -0.2) is 20.2 Å². The molecule has 4 N–H and O–H groups in total. The largest absolute Gasteiger partial charge is 0.306 e. The summed E-state index contributed by atoms with van der Waals surface area (Å²) in [5.74, 6) is 3.29. The van der Waals surface area contributed by atoms with E-state index in [9.17, 15) is 9.18 Å². The molecule has 0 fully saturated rings. The number of carbonyl (C=O) groups excluding carboxylic acids is 1. The van der Waals surface area contributed by atoms with Gasteiger partial charge in [-0.2, -0.15) is 5.10 Å². The van der Waals surface area contributed by atoms with E-state index in [4.69, 9.17) is 5.84 Å². The summed E-state index contributed by atoms with van der Waals surface area (Å²) in [6.07, 6.45) is 1.26. The second kappa shape index (κ2) is 5.53. The van der Waals surface area contributed by atoms with Crippen molar-refractivity contribution in [3.63, 3.8) is 0 Å². The third kappa shape index (κ3) is 2.67. The fraction of sp³-hybridized carbons (Fsp3) is 0.182. The van der Waals surface area contributed by atoms with Crippen molar-refractivity contribution >= 4 is 17.7 Å². The number of nitrogens with zero attached hydrogens (tertiary/aromatic N) is 4. The van der Waals surface area contributed by atoms with Gasteiger partial charge in [0.15, 0.2) is 11.6 Å². The number of amides is 1. The Morgan fingerprint density at radius 2 is 2.05 bits per heavy atom. The van der Waals surface area contributed by atoms with Crippen LogP contribution in [0.5, 0.6) is 0 Å². The van der Waals surface area contributed by atoms with E-state index in [2.05, 4.69) is 30.9 Å². The first kappa shape index (κ1) is 13.7. The van der Waals surface area contributed by atoms with E-state index in [1.165, 1.54) is 12.3 Å². The maximum atomic E-state index is 13.8. The van der Waals surface area contributed by atoms with Gasteiger partial charge in [0.25, 0.3) is 5.91 Å². The van der Waals surface area contributed by atoms with Crippen molar-refractivity contribution in [1.29, 1.82) is 0 Å². The van der Waals surface area contributed by atoms with Gasteiger partial charge >= 0.3 is 0 Å². The van der Waals surface area contributed by atoms with Gasteiger partial charge in [-0.1, -0.05) is 0 Å². The third-order valence-electron chi connectivity index (χ3n) is 2.59. The molecular formula is C11H12FN7O. The molecule has 2 heterocycles. The zero-order chi connectivity index (χ0) is 14.7. The van der Waals surface area contributed by atoms with Gasteiger partial charge in [-0.15, -0.1) is 5.10 Å². The van der Waals surface area contributed by atoms with Crippen LogP contribution in [0.3, 0.4) is 0 Å². The molecule has 0 aliphatic heterocycles. The van der Waals surface area contributed by atoms with E-state index >= 15 is 0 Å². The minimum absolute atomic E-state index is 0.00318. The Hall–Kier alpha value is -2.68. The molecule has 0 radical (unpaired) electrons. The van der Waals surface area contributed by atoms with Crippen molar-refractivity contribution in [2.45, 2.75) is 13.8 Å². The highest BCUT2D eigenvalue weighted by molar-refractivity contribution is 6.03. The van der Waals surface area contributed by atoms with E-state index in [0.29, 0.717) is 11.4 Å². The molecule has 1 amide bonds. The number of hydrazine groups is 1. The maximum Gasteiger partial charge on any atom is 0.261 e. The lowest BCUT2D eigenvalue weighted by atomic mass is 10.2. The SMILES string of the molecule is Cc1nnc(NC(=O)c2ccnc(NN)c2F)nc1C. The summed E-state index contributed by atoms with van der Waals surface area (Å²) >= 11 is 0. The number of nitrogen functional groups attached to an aromatic ring is 1. The highest BCUT2D eigenvalue weighted by Gasteiger charge is 2.17. The molecule has 0 saturated heterocycles. The monoisotopic (exact) mass is 277 g/mol. The smallest absolute Gasteiger partial charge is 0.261 e. The normalized spacial score (nSPS) is 10.2. The lowest BCUT2D eigenvalue weighted by molar-refractivity contribution is 0.102. The van der Waals surface area contributed by atoms with Crippen molar-refractivity contribution in [2.24, 2.45) is 5.84 Å². The lowest BCUT2D eigenvalue weighted by Crippen LogP contribution is -2.19. The zero-order valence-corrected chi connectivity index (χ0v) is 10.8. The van der Waals surface area contributed by atoms with Crippen molar-refractivity contribution < 1.29 is 9.18 Å². The van der Waals surface area contributed by atoms with Crippen LogP contribution in [0.1, 0.15) is 21.7 Å². The molecule has 0 saturated carbocycles. The number of halogens is 1. The van der Waals surface area contributed by atoms with Gasteiger partial charge in [-0.3, -0.25) is 10.1 Å². The summed E-state index contributed by atoms with van der Waals surface area (Å²) < 4.78 is 13.8. The molecule has 0 aromatic carbocycles. The number of rotatable bonds is 3. The van der Waals surface area contributed by atoms with Crippen LogP contribution >= 0.6 is 0 Å². The average molecular weight is 277 g/mol. The summed E-state index contributed by atoms with van der Waals surface area (Å²) in [7, 11) is 0. The van der Waals surface area contributed by atoms with Gasteiger partial charge in [0.05, 0.1) is 17.0 Å². The average Bonchev–Trinajstić information content (AvgIpc) is 2.43. The fourth-order valence-corrected chi connectivity index (χ4v) is 1.40. The second-order valence-electron chi connectivity index (χ2n) is 3.93. The van der Waals surface area contributed by atoms with E-state index in [1.54, 1.807) is 13.8 Å². The van der Waals surface area contributed by atoms with Gasteiger partial charge in [0.1, 0.15) is 0 Å². The number of carbonyl (C=O) groups is 1. The Bertz CT molecular complexity index is 661. The minimum Gasteiger partial charge on any atom is -0.306 e. The number of anilines is 2. The van der Waals surface area contributed by atoms with Crippen LogP contribution in [0.15, 0.2) is 12.3 Å². The van der Waals surface area contributed by atoms with Crippen LogP contribution in [0.4, 0.5) is 16.2 Å². The molecule has 0 spiro atoms. The topological polar surface area (TPSA) is 119 Å². The molecule has 9 heteroatoms. The summed E-state index contributed by atoms with van der Waals surface area (Å²) in [5, 5.41) is 9.88. The Balaban J connectivity index is 2.26. The van der Waals surface area contributed by atoms with Crippen LogP contribution in [-0.2, 0) is 0 Å². The number of nitrogens with one attached hydrogen (secondary N) is 2. The number of hydrogen-bond acceptors (Lipinski definition) is 7. The molecule has 2 aromatic heterocycles. The van der Waals surface area contributed by atoms with E-state index in [-0.39, 0.29) is 17.3 Å². The highest BCUT2D eigenvalue weighted by Crippen LogP contribution is 2.15. The Kier molecular flexibility index (Phi) is 3.80. The standard InChI is InChI=1S/C11H12FN7O/c1-5-6(2)18-19-11(15-5)16-10(20)7-3-4-14-9(17-13)8(7)12/h3-4H,13H2,1-2H3,(H,14,17)(H,15,16,19,20). The molecule has 8 nitrogen and oxygen atoms in total. The van der Waals surface area contributed by atoms with E-state index in [1.807, 2.05) is 0 Å². The van der Waals surface area contributed by atoms with Crippen LogP contribution in [0, 0.1) is 19.7 Å². The maximum absolute atomic E-state index is 13.8. The summed E-state index contributed by atoms with van der Waals surface area (Å²) in [4.78, 5) is 19.6. The van der Waals surface area contributed by atoms with Crippen LogP contribution in [-0.4, -0.2) is 26.1 Å². The summed E-state index contributed by atoms with van der Waals surface area (Å²) in [6, 6.07) is 1.22. The molecule has 104 valence electrons. The molecular weight excluding hydrogens is 265 g/mol. The number of pyridine rings is 1. The Morgan fingerprint density at radius 3 is 2.70 bits per heavy atom. The van der Waals surface area contributed by atoms with Crippen molar-refractivity contribution in [3.05, 3.63) is 35.0 Å². The van der Waals surface area contributed by atoms with Crippen molar-refractivity contribution in [1.82, 2.24) is 20.2 Å². The lowest BCUT2D eigenvalue weighted by Gasteiger charge is -2.07. The first-order chi connectivity index (χ1) is 9.52.